The zero-order chi connectivity index (χ0) is 10.1. The monoisotopic (exact) mass is 198 g/mol. The zero-order valence-corrected chi connectivity index (χ0v) is 8.37. The molecule has 78 valence electrons. The van der Waals surface area contributed by atoms with Gasteiger partial charge < -0.3 is 4.90 Å². The summed E-state index contributed by atoms with van der Waals surface area (Å²) in [4.78, 5) is 15.3. The van der Waals surface area contributed by atoms with Crippen LogP contribution in [0.25, 0.3) is 0 Å². The van der Waals surface area contributed by atoms with Gasteiger partial charge in [0.15, 0.2) is 0 Å². The molecule has 0 N–H and O–H groups in total. The molecular formula is C10H15FN2O. The molecule has 14 heavy (non-hydrogen) atoms. The first-order valence-electron chi connectivity index (χ1n) is 5.02. The molecule has 0 bridgehead atoms. The van der Waals surface area contributed by atoms with E-state index in [1.807, 2.05) is 4.90 Å². The maximum absolute atomic E-state index is 13.0. The lowest BCUT2D eigenvalue weighted by molar-refractivity contribution is -0.131. The van der Waals surface area contributed by atoms with Gasteiger partial charge in [-0.2, -0.15) is 0 Å². The third-order valence-corrected chi connectivity index (χ3v) is 2.98. The highest BCUT2D eigenvalue weighted by molar-refractivity contribution is 5.83. The third-order valence-electron chi connectivity index (χ3n) is 2.98. The van der Waals surface area contributed by atoms with Crippen LogP contribution in [-0.2, 0) is 4.79 Å². The van der Waals surface area contributed by atoms with Gasteiger partial charge in [-0.3, -0.25) is 9.69 Å². The second-order valence-corrected chi connectivity index (χ2v) is 3.97. The van der Waals surface area contributed by atoms with Crippen LogP contribution >= 0.6 is 0 Å². The van der Waals surface area contributed by atoms with Crippen LogP contribution < -0.4 is 0 Å². The highest BCUT2D eigenvalue weighted by atomic mass is 19.1. The Kier molecular flexibility index (Phi) is 2.54. The van der Waals surface area contributed by atoms with Gasteiger partial charge in [0, 0.05) is 20.1 Å². The molecule has 2 aliphatic heterocycles. The molecule has 1 amide bonds. The van der Waals surface area contributed by atoms with Crippen LogP contribution in [-0.4, -0.2) is 48.4 Å². The summed E-state index contributed by atoms with van der Waals surface area (Å²) in [5.74, 6) is 0.0401. The van der Waals surface area contributed by atoms with Crippen molar-refractivity contribution in [3.05, 3.63) is 11.9 Å². The van der Waals surface area contributed by atoms with Crippen molar-refractivity contribution >= 4 is 5.91 Å². The van der Waals surface area contributed by atoms with Crippen LogP contribution in [0.4, 0.5) is 4.39 Å². The number of carbonyl (C=O) groups excluding carboxylic acids is 1. The summed E-state index contributed by atoms with van der Waals surface area (Å²) < 4.78 is 13.0. The van der Waals surface area contributed by atoms with Gasteiger partial charge in [-0.15, -0.1) is 0 Å². The molecule has 0 saturated carbocycles. The lowest BCUT2D eigenvalue weighted by Gasteiger charge is -2.28. The molecule has 2 heterocycles. The first kappa shape index (κ1) is 9.65. The number of amides is 1. The van der Waals surface area contributed by atoms with Gasteiger partial charge in [0.2, 0.25) is 5.91 Å². The maximum Gasteiger partial charge on any atom is 0.239 e. The maximum atomic E-state index is 13.0. The van der Waals surface area contributed by atoms with E-state index in [9.17, 15) is 9.18 Å². The highest BCUT2D eigenvalue weighted by Gasteiger charge is 2.34. The number of hydrogen-bond donors (Lipinski definition) is 0. The summed E-state index contributed by atoms with van der Waals surface area (Å²) in [5, 5.41) is 0. The van der Waals surface area contributed by atoms with Crippen molar-refractivity contribution in [3.8, 4) is 0 Å². The highest BCUT2D eigenvalue weighted by Crippen LogP contribution is 2.20. The molecule has 2 rings (SSSR count). The number of likely N-dealkylation sites (N-methyl/N-ethyl adjacent to an activating group) is 1. The average molecular weight is 198 g/mol. The molecule has 3 nitrogen and oxygen atoms in total. The Balaban J connectivity index is 2.02. The SMILES string of the molecule is CN1CCC(N2CCC=C(F)C2)C1=O. The minimum absolute atomic E-state index is 0.0838. The standard InChI is InChI=1S/C10H15FN2O/c1-12-6-4-9(10(12)14)13-5-2-3-8(11)7-13/h3,9H,2,4-7H2,1H3. The zero-order valence-electron chi connectivity index (χ0n) is 8.37. The summed E-state index contributed by atoms with van der Waals surface area (Å²) in [5.41, 5.74) is 0. The van der Waals surface area contributed by atoms with Crippen LogP contribution in [0.3, 0.4) is 0 Å². The van der Waals surface area contributed by atoms with Gasteiger partial charge in [-0.1, -0.05) is 6.08 Å². The lowest BCUT2D eigenvalue weighted by Crippen LogP contribution is -2.43. The van der Waals surface area contributed by atoms with Crippen molar-refractivity contribution in [2.24, 2.45) is 0 Å². The summed E-state index contributed by atoms with van der Waals surface area (Å²) >= 11 is 0. The topological polar surface area (TPSA) is 23.6 Å². The Hall–Kier alpha value is -0.900. The molecule has 0 aromatic carbocycles. The Morgan fingerprint density at radius 3 is 2.86 bits per heavy atom. The Morgan fingerprint density at radius 2 is 2.29 bits per heavy atom. The van der Waals surface area contributed by atoms with Crippen LogP contribution in [0.2, 0.25) is 0 Å². The minimum atomic E-state index is -0.0985. The molecule has 1 saturated heterocycles. The fourth-order valence-corrected chi connectivity index (χ4v) is 2.13. The first-order chi connectivity index (χ1) is 6.68. The van der Waals surface area contributed by atoms with Crippen molar-refractivity contribution in [1.29, 1.82) is 0 Å². The summed E-state index contributed by atoms with van der Waals surface area (Å²) in [6.45, 7) is 1.91. The average Bonchev–Trinajstić information content (AvgIpc) is 2.48. The Bertz CT molecular complexity index is 277. The van der Waals surface area contributed by atoms with Crippen molar-refractivity contribution in [2.45, 2.75) is 18.9 Å². The predicted molar refractivity (Wildman–Crippen MR) is 51.4 cm³/mol. The predicted octanol–water partition coefficient (Wildman–Crippen LogP) is 0.776. The second-order valence-electron chi connectivity index (χ2n) is 3.97. The van der Waals surface area contributed by atoms with Crippen LogP contribution in [0.15, 0.2) is 11.9 Å². The molecule has 0 spiro atoms. The van der Waals surface area contributed by atoms with Gasteiger partial charge >= 0.3 is 0 Å². The number of nitrogens with zero attached hydrogens (tertiary/aromatic N) is 2. The van der Waals surface area contributed by atoms with E-state index in [0.29, 0.717) is 6.54 Å². The van der Waals surface area contributed by atoms with Crippen molar-refractivity contribution in [1.82, 2.24) is 9.80 Å². The van der Waals surface area contributed by atoms with Crippen LogP contribution in [0, 0.1) is 0 Å². The number of hydrogen-bond acceptors (Lipinski definition) is 2. The van der Waals surface area contributed by atoms with Crippen molar-refractivity contribution in [2.75, 3.05) is 26.7 Å². The molecule has 0 aromatic heterocycles. The first-order valence-corrected chi connectivity index (χ1v) is 5.02. The van der Waals surface area contributed by atoms with E-state index in [1.165, 1.54) is 0 Å². The number of halogens is 1. The van der Waals surface area contributed by atoms with Crippen molar-refractivity contribution in [3.63, 3.8) is 0 Å². The molecule has 0 radical (unpaired) electrons. The van der Waals surface area contributed by atoms with Gasteiger partial charge in [-0.05, 0) is 12.8 Å². The van der Waals surface area contributed by atoms with Gasteiger partial charge in [0.1, 0.15) is 5.83 Å². The molecule has 1 atom stereocenters. The molecule has 1 unspecified atom stereocenters. The van der Waals surface area contributed by atoms with E-state index in [1.54, 1.807) is 18.0 Å². The normalized spacial score (nSPS) is 29.6. The molecule has 0 aromatic rings. The molecular weight excluding hydrogens is 183 g/mol. The van der Waals surface area contributed by atoms with E-state index in [4.69, 9.17) is 0 Å². The van der Waals surface area contributed by atoms with E-state index in [0.717, 1.165) is 25.9 Å². The summed E-state index contributed by atoms with van der Waals surface area (Å²) in [6.07, 6.45) is 3.17. The van der Waals surface area contributed by atoms with Crippen LogP contribution in [0.1, 0.15) is 12.8 Å². The summed E-state index contributed by atoms with van der Waals surface area (Å²) in [7, 11) is 1.80. The fourth-order valence-electron chi connectivity index (χ4n) is 2.13. The molecule has 4 heteroatoms. The van der Waals surface area contributed by atoms with Gasteiger partial charge in [0.25, 0.3) is 0 Å². The number of carbonyl (C=O) groups is 1. The third kappa shape index (κ3) is 1.66. The van der Waals surface area contributed by atoms with E-state index < -0.39 is 0 Å². The van der Waals surface area contributed by atoms with E-state index in [-0.39, 0.29) is 17.8 Å². The number of rotatable bonds is 1. The summed E-state index contributed by atoms with van der Waals surface area (Å²) in [6, 6.07) is -0.0838. The van der Waals surface area contributed by atoms with Crippen LogP contribution in [0.5, 0.6) is 0 Å². The number of likely N-dealkylation sites (tertiary alicyclic amines) is 1. The molecule has 2 aliphatic rings. The minimum Gasteiger partial charge on any atom is -0.344 e. The largest absolute Gasteiger partial charge is 0.344 e. The van der Waals surface area contributed by atoms with E-state index in [2.05, 4.69) is 0 Å². The van der Waals surface area contributed by atoms with Gasteiger partial charge in [-0.25, -0.2) is 4.39 Å². The van der Waals surface area contributed by atoms with Gasteiger partial charge in [0.05, 0.1) is 12.6 Å². The second kappa shape index (κ2) is 3.69. The lowest BCUT2D eigenvalue weighted by atomic mass is 10.1. The smallest absolute Gasteiger partial charge is 0.239 e. The Labute approximate surface area is 83.2 Å². The molecule has 1 fully saturated rings. The van der Waals surface area contributed by atoms with Crippen molar-refractivity contribution < 1.29 is 9.18 Å². The Morgan fingerprint density at radius 1 is 1.50 bits per heavy atom. The fraction of sp³-hybridized carbons (Fsp3) is 0.700. The quantitative estimate of drug-likeness (QED) is 0.621. The van der Waals surface area contributed by atoms with E-state index >= 15 is 0 Å². The molecule has 0 aliphatic carbocycles.